The molecule has 29 heavy (non-hydrogen) atoms. The number of urea groups is 1. The molecule has 2 aromatic rings. The number of nitrogens with one attached hydrogen (secondary N) is 3. The summed E-state index contributed by atoms with van der Waals surface area (Å²) in [5, 5.41) is 16.4. The fourth-order valence-electron chi connectivity index (χ4n) is 2.25. The molecular formula is C19H17Cl2N3O5. The van der Waals surface area contributed by atoms with Gasteiger partial charge in [0, 0.05) is 26.9 Å². The van der Waals surface area contributed by atoms with Crippen molar-refractivity contribution in [1.82, 2.24) is 10.6 Å². The standard InChI is InChI=1S/C19H17Cl2N3O5/c1-29-16-7-4-14(21)9-11(16)8-12(10-22-19(27)28)17(25)24-18(26)23-15-5-2-13(20)3-6-15/h2-9,22H,10H2,1H3,(H,27,28)(H2,23,24,25,26). The van der Waals surface area contributed by atoms with E-state index in [2.05, 4.69) is 16.0 Å². The van der Waals surface area contributed by atoms with Gasteiger partial charge in [0.2, 0.25) is 0 Å². The van der Waals surface area contributed by atoms with Crippen molar-refractivity contribution in [2.75, 3.05) is 19.0 Å². The lowest BCUT2D eigenvalue weighted by atomic mass is 10.1. The van der Waals surface area contributed by atoms with Crippen LogP contribution in [0.2, 0.25) is 10.0 Å². The highest BCUT2D eigenvalue weighted by Crippen LogP contribution is 2.25. The number of benzene rings is 2. The van der Waals surface area contributed by atoms with Gasteiger partial charge in [0.15, 0.2) is 0 Å². The fourth-order valence-corrected chi connectivity index (χ4v) is 2.56. The van der Waals surface area contributed by atoms with Crippen LogP contribution in [0.4, 0.5) is 15.3 Å². The van der Waals surface area contributed by atoms with Gasteiger partial charge in [-0.15, -0.1) is 0 Å². The lowest BCUT2D eigenvalue weighted by Crippen LogP contribution is -2.38. The number of ether oxygens (including phenoxy) is 1. The van der Waals surface area contributed by atoms with E-state index in [4.69, 9.17) is 33.0 Å². The number of amides is 4. The van der Waals surface area contributed by atoms with E-state index in [1.54, 1.807) is 42.5 Å². The highest BCUT2D eigenvalue weighted by Gasteiger charge is 2.16. The zero-order chi connectivity index (χ0) is 21.4. The minimum absolute atomic E-state index is 0.0285. The van der Waals surface area contributed by atoms with E-state index in [9.17, 15) is 14.4 Å². The van der Waals surface area contributed by atoms with Crippen LogP contribution in [0, 0.1) is 0 Å². The van der Waals surface area contributed by atoms with Crippen LogP contribution in [0.1, 0.15) is 5.56 Å². The fraction of sp³-hybridized carbons (Fsp3) is 0.105. The van der Waals surface area contributed by atoms with E-state index in [1.165, 1.54) is 13.2 Å². The molecule has 0 spiro atoms. The molecule has 0 saturated carbocycles. The monoisotopic (exact) mass is 437 g/mol. The summed E-state index contributed by atoms with van der Waals surface area (Å²) in [5.74, 6) is -0.382. The van der Waals surface area contributed by atoms with Gasteiger partial charge in [0.05, 0.1) is 13.7 Å². The Morgan fingerprint density at radius 3 is 2.34 bits per heavy atom. The van der Waals surface area contributed by atoms with Gasteiger partial charge < -0.3 is 20.5 Å². The summed E-state index contributed by atoms with van der Waals surface area (Å²) in [6.07, 6.45) is 0.0540. The van der Waals surface area contributed by atoms with Crippen molar-refractivity contribution in [3.8, 4) is 5.75 Å². The van der Waals surface area contributed by atoms with Crippen LogP contribution in [0.15, 0.2) is 48.0 Å². The number of halogens is 2. The predicted octanol–water partition coefficient (Wildman–Crippen LogP) is 4.00. The van der Waals surface area contributed by atoms with E-state index in [0.717, 1.165) is 0 Å². The summed E-state index contributed by atoms with van der Waals surface area (Å²) < 4.78 is 5.21. The van der Waals surface area contributed by atoms with E-state index in [-0.39, 0.29) is 12.1 Å². The van der Waals surface area contributed by atoms with Crippen molar-refractivity contribution in [3.63, 3.8) is 0 Å². The number of imide groups is 1. The first kappa shape index (κ1) is 22.1. The molecule has 0 aliphatic rings. The molecule has 2 rings (SSSR count). The van der Waals surface area contributed by atoms with E-state index in [0.29, 0.717) is 27.0 Å². The molecule has 0 saturated heterocycles. The number of methoxy groups -OCH3 is 1. The maximum atomic E-state index is 12.5. The van der Waals surface area contributed by atoms with E-state index >= 15 is 0 Å². The van der Waals surface area contributed by atoms with Gasteiger partial charge >= 0.3 is 12.1 Å². The third kappa shape index (κ3) is 7.02. The first-order chi connectivity index (χ1) is 13.8. The zero-order valence-electron chi connectivity index (χ0n) is 15.2. The van der Waals surface area contributed by atoms with Crippen molar-refractivity contribution in [2.45, 2.75) is 0 Å². The Hall–Kier alpha value is -3.23. The number of carboxylic acid groups (broad SMARTS) is 1. The lowest BCUT2D eigenvalue weighted by Gasteiger charge is -2.11. The van der Waals surface area contributed by atoms with Gasteiger partial charge in [-0.3, -0.25) is 10.1 Å². The molecular weight excluding hydrogens is 421 g/mol. The number of hydrogen-bond donors (Lipinski definition) is 4. The second kappa shape index (κ2) is 10.4. The summed E-state index contributed by atoms with van der Waals surface area (Å²) >= 11 is 11.8. The predicted molar refractivity (Wildman–Crippen MR) is 111 cm³/mol. The van der Waals surface area contributed by atoms with Crippen LogP contribution >= 0.6 is 23.2 Å². The summed E-state index contributed by atoms with van der Waals surface area (Å²) in [6, 6.07) is 10.2. The molecule has 0 radical (unpaired) electrons. The van der Waals surface area contributed by atoms with Crippen LogP contribution in [0.5, 0.6) is 5.75 Å². The Balaban J connectivity index is 2.21. The van der Waals surface area contributed by atoms with Crippen LogP contribution < -0.4 is 20.7 Å². The third-order valence-corrected chi connectivity index (χ3v) is 4.06. The summed E-state index contributed by atoms with van der Waals surface area (Å²) in [5.41, 5.74) is 0.833. The molecule has 4 amide bonds. The van der Waals surface area contributed by atoms with Gasteiger partial charge in [-0.2, -0.15) is 0 Å². The van der Waals surface area contributed by atoms with Gasteiger partial charge in [-0.25, -0.2) is 9.59 Å². The number of anilines is 1. The molecule has 0 fully saturated rings. The molecule has 152 valence electrons. The van der Waals surface area contributed by atoms with Crippen molar-refractivity contribution >= 4 is 53.0 Å². The maximum Gasteiger partial charge on any atom is 0.404 e. The Bertz CT molecular complexity index is 945. The van der Waals surface area contributed by atoms with Gasteiger partial charge in [0.25, 0.3) is 5.91 Å². The SMILES string of the molecule is COc1ccc(Cl)cc1C=C(CNC(=O)O)C(=O)NC(=O)Nc1ccc(Cl)cc1. The largest absolute Gasteiger partial charge is 0.496 e. The van der Waals surface area contributed by atoms with Crippen LogP contribution in [0.25, 0.3) is 6.08 Å². The first-order valence-corrected chi connectivity index (χ1v) is 8.93. The average Bonchev–Trinajstić information content (AvgIpc) is 2.66. The molecule has 0 atom stereocenters. The van der Waals surface area contributed by atoms with E-state index < -0.39 is 18.0 Å². The average molecular weight is 438 g/mol. The quantitative estimate of drug-likeness (QED) is 0.509. The van der Waals surface area contributed by atoms with Gasteiger partial charge in [-0.1, -0.05) is 23.2 Å². The smallest absolute Gasteiger partial charge is 0.404 e. The summed E-state index contributed by atoms with van der Waals surface area (Å²) in [7, 11) is 1.44. The summed E-state index contributed by atoms with van der Waals surface area (Å²) in [4.78, 5) is 35.5. The van der Waals surface area contributed by atoms with Crippen molar-refractivity contribution in [3.05, 3.63) is 63.6 Å². The molecule has 0 aliphatic heterocycles. The molecule has 0 unspecified atom stereocenters. The normalized spacial score (nSPS) is 10.8. The van der Waals surface area contributed by atoms with Crippen LogP contribution in [-0.4, -0.2) is 36.8 Å². The highest BCUT2D eigenvalue weighted by atomic mass is 35.5. The minimum Gasteiger partial charge on any atom is -0.496 e. The molecule has 0 heterocycles. The number of carbonyl (C=O) groups excluding carboxylic acids is 2. The molecule has 4 N–H and O–H groups in total. The molecule has 0 aromatic heterocycles. The van der Waals surface area contributed by atoms with Crippen LogP contribution in [0.3, 0.4) is 0 Å². The first-order valence-electron chi connectivity index (χ1n) is 8.17. The second-order valence-electron chi connectivity index (χ2n) is 5.63. The summed E-state index contributed by atoms with van der Waals surface area (Å²) in [6.45, 7) is -0.342. The topological polar surface area (TPSA) is 117 Å². The number of hydrogen-bond acceptors (Lipinski definition) is 4. The molecule has 0 bridgehead atoms. The van der Waals surface area contributed by atoms with Crippen molar-refractivity contribution in [1.29, 1.82) is 0 Å². The van der Waals surface area contributed by atoms with Crippen molar-refractivity contribution in [2.24, 2.45) is 0 Å². The lowest BCUT2D eigenvalue weighted by molar-refractivity contribution is -0.116. The second-order valence-corrected chi connectivity index (χ2v) is 6.50. The molecule has 0 aliphatic carbocycles. The van der Waals surface area contributed by atoms with Gasteiger partial charge in [0.1, 0.15) is 5.75 Å². The Morgan fingerprint density at radius 2 is 1.72 bits per heavy atom. The highest BCUT2D eigenvalue weighted by molar-refractivity contribution is 6.31. The maximum absolute atomic E-state index is 12.5. The Kier molecular flexibility index (Phi) is 7.88. The third-order valence-electron chi connectivity index (χ3n) is 3.57. The Morgan fingerprint density at radius 1 is 1.07 bits per heavy atom. The number of rotatable bonds is 6. The van der Waals surface area contributed by atoms with Crippen molar-refractivity contribution < 1.29 is 24.2 Å². The number of carbonyl (C=O) groups is 3. The minimum atomic E-state index is -1.33. The van der Waals surface area contributed by atoms with E-state index in [1.807, 2.05) is 0 Å². The Labute approximate surface area is 176 Å². The molecule has 8 nitrogen and oxygen atoms in total. The zero-order valence-corrected chi connectivity index (χ0v) is 16.7. The van der Waals surface area contributed by atoms with Gasteiger partial charge in [-0.05, 0) is 48.5 Å². The molecule has 2 aromatic carbocycles. The molecule has 10 heteroatoms. The van der Waals surface area contributed by atoms with Crippen LogP contribution in [-0.2, 0) is 4.79 Å².